The summed E-state index contributed by atoms with van der Waals surface area (Å²) in [5.41, 5.74) is 1.66. The molecule has 0 aliphatic heterocycles. The largest absolute Gasteiger partial charge is 0.298 e. The zero-order valence-corrected chi connectivity index (χ0v) is 9.63. The van der Waals surface area contributed by atoms with Crippen molar-refractivity contribution >= 4 is 51.9 Å². The van der Waals surface area contributed by atoms with Gasteiger partial charge in [0.05, 0.1) is 0 Å². The average Bonchev–Trinajstić information content (AvgIpc) is 2.62. The van der Waals surface area contributed by atoms with Gasteiger partial charge in [-0.1, -0.05) is 6.07 Å². The molecule has 0 spiro atoms. The molecule has 2 rings (SSSR count). The summed E-state index contributed by atoms with van der Waals surface area (Å²) in [6, 6.07) is 3.92. The smallest absolute Gasteiger partial charge is 0.151 e. The Morgan fingerprint density at radius 1 is 1.50 bits per heavy atom. The highest BCUT2D eigenvalue weighted by molar-refractivity contribution is 7.80. The van der Waals surface area contributed by atoms with E-state index in [4.69, 9.17) is 11.6 Å². The summed E-state index contributed by atoms with van der Waals surface area (Å²) in [4.78, 5) is 11.6. The summed E-state index contributed by atoms with van der Waals surface area (Å²) in [6.07, 6.45) is 0.858. The van der Waals surface area contributed by atoms with Crippen LogP contribution in [0.2, 0.25) is 0 Å². The third-order valence-corrected chi connectivity index (χ3v) is 3.86. The normalized spacial score (nSPS) is 10.7. The van der Waals surface area contributed by atoms with Gasteiger partial charge in [0.25, 0.3) is 0 Å². The molecule has 0 N–H and O–H groups in total. The fourth-order valence-corrected chi connectivity index (χ4v) is 3.08. The molecule has 1 nitrogen and oxygen atoms in total. The van der Waals surface area contributed by atoms with Gasteiger partial charge in [0.2, 0.25) is 0 Å². The summed E-state index contributed by atoms with van der Waals surface area (Å²) in [5, 5.41) is 2.77. The van der Waals surface area contributed by atoms with Crippen LogP contribution in [0.5, 0.6) is 0 Å². The third-order valence-electron chi connectivity index (χ3n) is 2.10. The second-order valence-corrected chi connectivity index (χ2v) is 4.51. The van der Waals surface area contributed by atoms with Crippen molar-refractivity contribution in [2.75, 3.05) is 0 Å². The van der Waals surface area contributed by atoms with Gasteiger partial charge >= 0.3 is 0 Å². The van der Waals surface area contributed by atoms with E-state index in [0.717, 1.165) is 26.8 Å². The molecule has 2 aromatic rings. The summed E-state index contributed by atoms with van der Waals surface area (Å²) < 4.78 is 1.07. The molecular weight excluding hydrogens is 236 g/mol. The summed E-state index contributed by atoms with van der Waals surface area (Å²) >= 11 is 11.7. The van der Waals surface area contributed by atoms with E-state index in [-0.39, 0.29) is 0 Å². The second-order valence-electron chi connectivity index (χ2n) is 2.89. The molecule has 1 heterocycles. The van der Waals surface area contributed by atoms with Crippen LogP contribution >= 0.6 is 35.6 Å². The predicted molar refractivity (Wildman–Crippen MR) is 64.0 cm³/mol. The molecule has 0 radical (unpaired) electrons. The number of halogens is 1. The highest BCUT2D eigenvalue weighted by atomic mass is 35.5. The first kappa shape index (κ1) is 10.0. The van der Waals surface area contributed by atoms with Crippen LogP contribution in [-0.4, -0.2) is 6.29 Å². The zero-order valence-electron chi connectivity index (χ0n) is 7.16. The van der Waals surface area contributed by atoms with Crippen LogP contribution in [0.15, 0.2) is 22.4 Å². The van der Waals surface area contributed by atoms with Crippen molar-refractivity contribution < 1.29 is 4.79 Å². The number of hydrogen-bond donors (Lipinski definition) is 1. The minimum atomic E-state index is 0.420. The summed E-state index contributed by atoms with van der Waals surface area (Å²) in [6.45, 7) is 0. The van der Waals surface area contributed by atoms with Crippen molar-refractivity contribution in [1.29, 1.82) is 0 Å². The van der Waals surface area contributed by atoms with Gasteiger partial charge in [-0.15, -0.1) is 35.6 Å². The standard InChI is InChI=1S/C10H7ClOS2/c11-3-6-1-2-8-9(10(6)13)7(4-12)5-14-8/h1-2,4-5,13H,3H2. The lowest BCUT2D eigenvalue weighted by atomic mass is 10.1. The Kier molecular flexibility index (Phi) is 2.81. The lowest BCUT2D eigenvalue weighted by molar-refractivity contribution is 0.112. The van der Waals surface area contributed by atoms with E-state index in [1.165, 1.54) is 0 Å². The maximum absolute atomic E-state index is 10.8. The molecular formula is C10H7ClOS2. The minimum Gasteiger partial charge on any atom is -0.298 e. The lowest BCUT2D eigenvalue weighted by Gasteiger charge is -2.02. The van der Waals surface area contributed by atoms with Crippen LogP contribution < -0.4 is 0 Å². The van der Waals surface area contributed by atoms with E-state index in [1.54, 1.807) is 11.3 Å². The van der Waals surface area contributed by atoms with Crippen molar-refractivity contribution in [1.82, 2.24) is 0 Å². The maximum Gasteiger partial charge on any atom is 0.151 e. The Balaban J connectivity index is 2.83. The third kappa shape index (κ3) is 1.45. The number of aldehydes is 1. The Hall–Kier alpha value is -0.510. The Labute approximate surface area is 96.1 Å². The number of hydrogen-bond acceptors (Lipinski definition) is 3. The molecule has 1 aromatic heterocycles. The number of carbonyl (C=O) groups is 1. The number of carbonyl (C=O) groups excluding carboxylic acids is 1. The lowest BCUT2D eigenvalue weighted by Crippen LogP contribution is -1.84. The number of thiophene rings is 1. The maximum atomic E-state index is 10.8. The van der Waals surface area contributed by atoms with Crippen molar-refractivity contribution in [3.8, 4) is 0 Å². The molecule has 0 aliphatic carbocycles. The first-order valence-electron chi connectivity index (χ1n) is 4.01. The molecule has 14 heavy (non-hydrogen) atoms. The van der Waals surface area contributed by atoms with Gasteiger partial charge in [0, 0.05) is 31.8 Å². The Morgan fingerprint density at radius 3 is 2.93 bits per heavy atom. The molecule has 0 saturated carbocycles. The summed E-state index contributed by atoms with van der Waals surface area (Å²) in [5.74, 6) is 0.420. The highest BCUT2D eigenvalue weighted by Crippen LogP contribution is 2.33. The molecule has 0 atom stereocenters. The predicted octanol–water partition coefficient (Wildman–Crippen LogP) is 3.74. The van der Waals surface area contributed by atoms with Crippen LogP contribution in [0.4, 0.5) is 0 Å². The Morgan fingerprint density at radius 2 is 2.29 bits per heavy atom. The van der Waals surface area contributed by atoms with Gasteiger partial charge in [-0.05, 0) is 11.6 Å². The number of benzene rings is 1. The first-order chi connectivity index (χ1) is 6.77. The van der Waals surface area contributed by atoms with Gasteiger partial charge in [-0.2, -0.15) is 0 Å². The number of thiol groups is 1. The second kappa shape index (κ2) is 3.93. The molecule has 0 amide bonds. The number of rotatable bonds is 2. The minimum absolute atomic E-state index is 0.420. The van der Waals surface area contributed by atoms with E-state index in [0.29, 0.717) is 11.4 Å². The highest BCUT2D eigenvalue weighted by Gasteiger charge is 2.09. The fourth-order valence-electron chi connectivity index (χ4n) is 1.37. The average molecular weight is 243 g/mol. The molecule has 4 heteroatoms. The molecule has 0 aliphatic rings. The number of fused-ring (bicyclic) bond motifs is 1. The van der Waals surface area contributed by atoms with Crippen LogP contribution in [0, 0.1) is 0 Å². The first-order valence-corrected chi connectivity index (χ1v) is 5.87. The number of alkyl halides is 1. The van der Waals surface area contributed by atoms with Crippen LogP contribution in [0.1, 0.15) is 15.9 Å². The van der Waals surface area contributed by atoms with Crippen LogP contribution in [-0.2, 0) is 5.88 Å². The molecule has 0 unspecified atom stereocenters. The van der Waals surface area contributed by atoms with Gasteiger partial charge in [0.15, 0.2) is 6.29 Å². The van der Waals surface area contributed by atoms with E-state index in [2.05, 4.69) is 12.6 Å². The summed E-state index contributed by atoms with van der Waals surface area (Å²) in [7, 11) is 0. The fraction of sp³-hybridized carbons (Fsp3) is 0.100. The van der Waals surface area contributed by atoms with Crippen molar-refractivity contribution in [2.24, 2.45) is 0 Å². The molecule has 0 saturated heterocycles. The quantitative estimate of drug-likeness (QED) is 0.482. The molecule has 0 fully saturated rings. The molecule has 72 valence electrons. The van der Waals surface area contributed by atoms with Crippen molar-refractivity contribution in [3.63, 3.8) is 0 Å². The van der Waals surface area contributed by atoms with E-state index >= 15 is 0 Å². The van der Waals surface area contributed by atoms with Gasteiger partial charge < -0.3 is 0 Å². The van der Waals surface area contributed by atoms with Crippen LogP contribution in [0.3, 0.4) is 0 Å². The van der Waals surface area contributed by atoms with Gasteiger partial charge in [-0.3, -0.25) is 4.79 Å². The van der Waals surface area contributed by atoms with Crippen molar-refractivity contribution in [3.05, 3.63) is 28.6 Å². The SMILES string of the molecule is O=Cc1csc2ccc(CCl)c(S)c12. The zero-order chi connectivity index (χ0) is 10.1. The molecule has 1 aromatic carbocycles. The van der Waals surface area contributed by atoms with E-state index < -0.39 is 0 Å². The monoisotopic (exact) mass is 242 g/mol. The van der Waals surface area contributed by atoms with Gasteiger partial charge in [0.1, 0.15) is 0 Å². The van der Waals surface area contributed by atoms with Gasteiger partial charge in [-0.25, -0.2) is 0 Å². The topological polar surface area (TPSA) is 17.1 Å². The van der Waals surface area contributed by atoms with E-state index in [1.807, 2.05) is 17.5 Å². The molecule has 0 bridgehead atoms. The van der Waals surface area contributed by atoms with E-state index in [9.17, 15) is 4.79 Å². The van der Waals surface area contributed by atoms with Crippen LogP contribution in [0.25, 0.3) is 10.1 Å². The van der Waals surface area contributed by atoms with Crippen molar-refractivity contribution in [2.45, 2.75) is 10.8 Å². The Bertz CT molecular complexity index is 490.